The van der Waals surface area contributed by atoms with Gasteiger partial charge in [-0.25, -0.2) is 4.39 Å². The molecular formula is C12H13ClFNO2. The molecule has 2 N–H and O–H groups in total. The van der Waals surface area contributed by atoms with Crippen LogP contribution in [0.15, 0.2) is 18.2 Å². The smallest absolute Gasteiger partial charge is 0.258 e. The molecule has 0 radical (unpaired) electrons. The summed E-state index contributed by atoms with van der Waals surface area (Å²) < 4.78 is 13.3. The molecule has 2 rings (SSSR count). The van der Waals surface area contributed by atoms with E-state index in [1.807, 2.05) is 0 Å². The lowest BCUT2D eigenvalue weighted by Crippen LogP contribution is -2.31. The van der Waals surface area contributed by atoms with Crippen molar-refractivity contribution in [2.75, 3.05) is 6.54 Å². The number of halogens is 2. The summed E-state index contributed by atoms with van der Waals surface area (Å²) in [5.74, 6) is -1.28. The largest absolute Gasteiger partial charge is 0.507 e. The Bertz CT molecular complexity index is 414. The van der Waals surface area contributed by atoms with Crippen molar-refractivity contribution >= 4 is 17.5 Å². The normalized spacial score (nSPS) is 16.6. The van der Waals surface area contributed by atoms with E-state index in [2.05, 4.69) is 5.32 Å². The van der Waals surface area contributed by atoms with Crippen LogP contribution in [0.25, 0.3) is 0 Å². The maximum atomic E-state index is 13.3. The van der Waals surface area contributed by atoms with Crippen LogP contribution in [-0.2, 0) is 0 Å². The van der Waals surface area contributed by atoms with E-state index < -0.39 is 11.7 Å². The predicted octanol–water partition coefficient (Wildman–Crippen LogP) is 2.28. The van der Waals surface area contributed by atoms with E-state index in [0.717, 1.165) is 18.9 Å². The minimum Gasteiger partial charge on any atom is -0.507 e. The molecule has 5 heteroatoms. The summed E-state index contributed by atoms with van der Waals surface area (Å²) in [5, 5.41) is 11.8. The van der Waals surface area contributed by atoms with Gasteiger partial charge >= 0.3 is 0 Å². The quantitative estimate of drug-likeness (QED) is 0.813. The van der Waals surface area contributed by atoms with Gasteiger partial charge in [0.2, 0.25) is 0 Å². The lowest BCUT2D eigenvalue weighted by molar-refractivity contribution is 0.0946. The first-order valence-electron chi connectivity index (χ1n) is 5.49. The first kappa shape index (κ1) is 12.2. The number of carbonyl (C=O) groups is 1. The summed E-state index contributed by atoms with van der Waals surface area (Å²) in [4.78, 5) is 11.7. The summed E-state index contributed by atoms with van der Waals surface area (Å²) in [5.41, 5.74) is -0.327. The Balaban J connectivity index is 1.99. The third kappa shape index (κ3) is 2.88. The lowest BCUT2D eigenvalue weighted by atomic mass is 10.1. The highest BCUT2D eigenvalue weighted by molar-refractivity contribution is 6.21. The molecule has 1 amide bonds. The molecule has 0 heterocycles. The Morgan fingerprint density at radius 1 is 1.59 bits per heavy atom. The van der Waals surface area contributed by atoms with Crippen molar-refractivity contribution in [2.45, 2.75) is 18.2 Å². The van der Waals surface area contributed by atoms with Gasteiger partial charge < -0.3 is 10.4 Å². The Morgan fingerprint density at radius 2 is 2.29 bits per heavy atom. The average Bonchev–Trinajstić information content (AvgIpc) is 3.09. The molecule has 0 aromatic heterocycles. The minimum absolute atomic E-state index is 0.118. The Morgan fingerprint density at radius 3 is 2.88 bits per heavy atom. The first-order chi connectivity index (χ1) is 8.09. The third-order valence-electron chi connectivity index (χ3n) is 2.81. The van der Waals surface area contributed by atoms with E-state index in [9.17, 15) is 14.3 Å². The van der Waals surface area contributed by atoms with E-state index in [4.69, 9.17) is 11.6 Å². The molecule has 92 valence electrons. The molecule has 1 aliphatic carbocycles. The molecule has 1 fully saturated rings. The molecule has 1 atom stereocenters. The van der Waals surface area contributed by atoms with Gasteiger partial charge in [0.25, 0.3) is 5.91 Å². The maximum absolute atomic E-state index is 13.3. The summed E-state index contributed by atoms with van der Waals surface area (Å²) >= 11 is 6.02. The monoisotopic (exact) mass is 257 g/mol. The van der Waals surface area contributed by atoms with Gasteiger partial charge in [0.1, 0.15) is 17.1 Å². The van der Waals surface area contributed by atoms with Gasteiger partial charge in [0.15, 0.2) is 0 Å². The summed E-state index contributed by atoms with van der Waals surface area (Å²) in [6.45, 7) is 0.291. The average molecular weight is 258 g/mol. The second-order valence-corrected chi connectivity index (χ2v) is 4.76. The van der Waals surface area contributed by atoms with Crippen LogP contribution < -0.4 is 5.32 Å². The molecule has 0 aliphatic heterocycles. The summed E-state index contributed by atoms with van der Waals surface area (Å²) in [7, 11) is 0. The minimum atomic E-state index is -0.736. The van der Waals surface area contributed by atoms with Crippen molar-refractivity contribution in [3.05, 3.63) is 29.6 Å². The molecule has 1 aromatic rings. The van der Waals surface area contributed by atoms with Crippen molar-refractivity contribution < 1.29 is 14.3 Å². The van der Waals surface area contributed by atoms with Gasteiger partial charge in [0.05, 0.1) is 5.38 Å². The molecule has 0 spiro atoms. The van der Waals surface area contributed by atoms with Crippen LogP contribution >= 0.6 is 11.6 Å². The number of carbonyl (C=O) groups excluding carboxylic acids is 1. The zero-order chi connectivity index (χ0) is 12.4. The van der Waals surface area contributed by atoms with E-state index in [-0.39, 0.29) is 16.7 Å². The number of alkyl halides is 1. The molecule has 17 heavy (non-hydrogen) atoms. The van der Waals surface area contributed by atoms with Gasteiger partial charge in [-0.15, -0.1) is 11.6 Å². The standard InChI is InChI=1S/C12H13ClFNO2/c13-8(7-4-5-7)6-15-12(17)11-9(14)2-1-3-10(11)16/h1-3,7-8,16H,4-6H2,(H,15,17). The number of aromatic hydroxyl groups is 1. The van der Waals surface area contributed by atoms with E-state index in [1.54, 1.807) is 0 Å². The van der Waals surface area contributed by atoms with Crippen LogP contribution in [-0.4, -0.2) is 22.9 Å². The summed E-state index contributed by atoms with van der Waals surface area (Å²) in [6.07, 6.45) is 2.16. The highest BCUT2D eigenvalue weighted by Gasteiger charge is 2.30. The number of hydrogen-bond donors (Lipinski definition) is 2. The van der Waals surface area contributed by atoms with Gasteiger partial charge in [-0.05, 0) is 30.9 Å². The topological polar surface area (TPSA) is 49.3 Å². The zero-order valence-electron chi connectivity index (χ0n) is 9.12. The Labute approximate surface area is 104 Å². The predicted molar refractivity (Wildman–Crippen MR) is 62.8 cm³/mol. The van der Waals surface area contributed by atoms with Crippen molar-refractivity contribution in [1.29, 1.82) is 0 Å². The maximum Gasteiger partial charge on any atom is 0.258 e. The highest BCUT2D eigenvalue weighted by Crippen LogP contribution is 2.35. The fourth-order valence-corrected chi connectivity index (χ4v) is 1.97. The van der Waals surface area contributed by atoms with Gasteiger partial charge in [-0.1, -0.05) is 6.07 Å². The van der Waals surface area contributed by atoms with Gasteiger partial charge in [-0.2, -0.15) is 0 Å². The van der Waals surface area contributed by atoms with Crippen molar-refractivity contribution in [3.8, 4) is 5.75 Å². The molecular weight excluding hydrogens is 245 g/mol. The molecule has 1 unspecified atom stereocenters. The van der Waals surface area contributed by atoms with Crippen LogP contribution in [0.2, 0.25) is 0 Å². The second kappa shape index (κ2) is 4.92. The molecule has 1 aliphatic rings. The number of benzene rings is 1. The summed E-state index contributed by atoms with van der Waals surface area (Å²) in [6, 6.07) is 3.75. The number of amides is 1. The van der Waals surface area contributed by atoms with Crippen LogP contribution in [0, 0.1) is 11.7 Å². The van der Waals surface area contributed by atoms with Crippen LogP contribution in [0.1, 0.15) is 23.2 Å². The number of rotatable bonds is 4. The third-order valence-corrected chi connectivity index (χ3v) is 3.32. The number of nitrogens with one attached hydrogen (secondary N) is 1. The van der Waals surface area contributed by atoms with Gasteiger partial charge in [0, 0.05) is 6.54 Å². The molecule has 1 saturated carbocycles. The SMILES string of the molecule is O=C(NCC(Cl)C1CC1)c1c(O)cccc1F. The highest BCUT2D eigenvalue weighted by atomic mass is 35.5. The van der Waals surface area contributed by atoms with E-state index in [0.29, 0.717) is 12.5 Å². The van der Waals surface area contributed by atoms with Crippen LogP contribution in [0.5, 0.6) is 5.75 Å². The van der Waals surface area contributed by atoms with Crippen molar-refractivity contribution in [1.82, 2.24) is 5.32 Å². The lowest BCUT2D eigenvalue weighted by Gasteiger charge is -2.10. The fourth-order valence-electron chi connectivity index (χ4n) is 1.64. The van der Waals surface area contributed by atoms with Gasteiger partial charge in [-0.3, -0.25) is 4.79 Å². The van der Waals surface area contributed by atoms with Crippen molar-refractivity contribution in [2.24, 2.45) is 5.92 Å². The van der Waals surface area contributed by atoms with E-state index in [1.165, 1.54) is 12.1 Å². The van der Waals surface area contributed by atoms with Crippen LogP contribution in [0.3, 0.4) is 0 Å². The molecule has 1 aromatic carbocycles. The number of phenols is 1. The first-order valence-corrected chi connectivity index (χ1v) is 5.93. The Hall–Kier alpha value is -1.29. The zero-order valence-corrected chi connectivity index (χ0v) is 9.88. The number of phenolic OH excluding ortho intramolecular Hbond substituents is 1. The van der Waals surface area contributed by atoms with Crippen molar-refractivity contribution in [3.63, 3.8) is 0 Å². The van der Waals surface area contributed by atoms with Crippen LogP contribution in [0.4, 0.5) is 4.39 Å². The Kier molecular flexibility index (Phi) is 3.52. The molecule has 0 saturated heterocycles. The number of hydrogen-bond acceptors (Lipinski definition) is 2. The fraction of sp³-hybridized carbons (Fsp3) is 0.417. The second-order valence-electron chi connectivity index (χ2n) is 4.20. The van der Waals surface area contributed by atoms with E-state index >= 15 is 0 Å². The molecule has 0 bridgehead atoms. The molecule has 3 nitrogen and oxygen atoms in total.